The highest BCUT2D eigenvalue weighted by Gasteiger charge is 2.11. The molecule has 1 atom stereocenters. The molecule has 0 aliphatic carbocycles. The van der Waals surface area contributed by atoms with Gasteiger partial charge in [0.05, 0.1) is 19.3 Å². The number of nitrogens with two attached hydrogens (primary N) is 1. The van der Waals surface area contributed by atoms with Crippen molar-refractivity contribution in [2.24, 2.45) is 5.84 Å². The van der Waals surface area contributed by atoms with Crippen molar-refractivity contribution in [1.82, 2.24) is 9.97 Å². The van der Waals surface area contributed by atoms with Crippen molar-refractivity contribution in [3.8, 4) is 0 Å². The van der Waals surface area contributed by atoms with Gasteiger partial charge in [-0.15, -0.1) is 0 Å². The molecular weight excluding hydrogens is 234 g/mol. The van der Waals surface area contributed by atoms with E-state index in [1.807, 2.05) is 13.8 Å². The SMILES string of the molecule is COCC(CO)Nc1cc(NN)nc(C(C)C)n1. The molecule has 1 aromatic rings. The number of anilines is 2. The Morgan fingerprint density at radius 3 is 2.56 bits per heavy atom. The van der Waals surface area contributed by atoms with Crippen LogP contribution in [0, 0.1) is 0 Å². The minimum absolute atomic E-state index is 0.0414. The van der Waals surface area contributed by atoms with Gasteiger partial charge >= 0.3 is 0 Å². The predicted octanol–water partition coefficient (Wildman–Crippen LogP) is 0.305. The van der Waals surface area contributed by atoms with Gasteiger partial charge in [-0.25, -0.2) is 15.8 Å². The van der Waals surface area contributed by atoms with E-state index in [2.05, 4.69) is 20.7 Å². The van der Waals surface area contributed by atoms with E-state index in [1.165, 1.54) is 0 Å². The van der Waals surface area contributed by atoms with E-state index in [-0.39, 0.29) is 18.6 Å². The van der Waals surface area contributed by atoms with E-state index in [1.54, 1.807) is 13.2 Å². The normalized spacial score (nSPS) is 12.6. The van der Waals surface area contributed by atoms with Crippen LogP contribution < -0.4 is 16.6 Å². The van der Waals surface area contributed by atoms with Gasteiger partial charge in [0.2, 0.25) is 0 Å². The van der Waals surface area contributed by atoms with Crippen molar-refractivity contribution in [2.45, 2.75) is 25.8 Å². The minimum atomic E-state index is -0.212. The number of ether oxygens (including phenoxy) is 1. The molecule has 0 spiro atoms. The first-order valence-electron chi connectivity index (χ1n) is 5.82. The minimum Gasteiger partial charge on any atom is -0.394 e. The zero-order chi connectivity index (χ0) is 13.5. The van der Waals surface area contributed by atoms with Gasteiger partial charge in [0.15, 0.2) is 0 Å². The zero-order valence-electron chi connectivity index (χ0n) is 11.0. The lowest BCUT2D eigenvalue weighted by Gasteiger charge is -2.17. The highest BCUT2D eigenvalue weighted by Crippen LogP contribution is 2.16. The number of aromatic nitrogens is 2. The van der Waals surface area contributed by atoms with E-state index in [4.69, 9.17) is 10.6 Å². The average molecular weight is 255 g/mol. The topological polar surface area (TPSA) is 105 Å². The summed E-state index contributed by atoms with van der Waals surface area (Å²) in [5, 5.41) is 12.3. The highest BCUT2D eigenvalue weighted by atomic mass is 16.5. The van der Waals surface area contributed by atoms with Crippen molar-refractivity contribution in [1.29, 1.82) is 0 Å². The molecule has 0 saturated heterocycles. The van der Waals surface area contributed by atoms with Crippen molar-refractivity contribution in [2.75, 3.05) is 31.1 Å². The van der Waals surface area contributed by atoms with Crippen molar-refractivity contribution in [3.63, 3.8) is 0 Å². The zero-order valence-corrected chi connectivity index (χ0v) is 11.0. The smallest absolute Gasteiger partial charge is 0.145 e. The Balaban J connectivity index is 2.89. The summed E-state index contributed by atoms with van der Waals surface area (Å²) in [6.07, 6.45) is 0. The van der Waals surface area contributed by atoms with Crippen LogP contribution >= 0.6 is 0 Å². The third-order valence-corrected chi connectivity index (χ3v) is 2.35. The van der Waals surface area contributed by atoms with Gasteiger partial charge in [0, 0.05) is 19.1 Å². The van der Waals surface area contributed by atoms with Gasteiger partial charge < -0.3 is 20.6 Å². The number of methoxy groups -OCH3 is 1. The van der Waals surface area contributed by atoms with E-state index < -0.39 is 0 Å². The van der Waals surface area contributed by atoms with E-state index >= 15 is 0 Å². The summed E-state index contributed by atoms with van der Waals surface area (Å²) in [4.78, 5) is 8.62. The number of nitrogens with zero attached hydrogens (tertiary/aromatic N) is 2. The second-order valence-electron chi connectivity index (χ2n) is 4.27. The molecule has 102 valence electrons. The quantitative estimate of drug-likeness (QED) is 0.410. The van der Waals surface area contributed by atoms with Gasteiger partial charge in [0.25, 0.3) is 0 Å². The predicted molar refractivity (Wildman–Crippen MR) is 70.3 cm³/mol. The van der Waals surface area contributed by atoms with Gasteiger partial charge in [-0.05, 0) is 0 Å². The maximum absolute atomic E-state index is 9.20. The molecule has 7 heteroatoms. The van der Waals surface area contributed by atoms with Crippen molar-refractivity contribution < 1.29 is 9.84 Å². The maximum Gasteiger partial charge on any atom is 0.145 e. The fraction of sp³-hybridized carbons (Fsp3) is 0.636. The van der Waals surface area contributed by atoms with Crippen LogP contribution in [0.4, 0.5) is 11.6 Å². The molecule has 18 heavy (non-hydrogen) atoms. The summed E-state index contributed by atoms with van der Waals surface area (Å²) in [7, 11) is 1.58. The molecular formula is C11H21N5O2. The summed E-state index contributed by atoms with van der Waals surface area (Å²) in [5.74, 6) is 7.38. The van der Waals surface area contributed by atoms with Crippen LogP contribution in [0.5, 0.6) is 0 Å². The van der Waals surface area contributed by atoms with E-state index in [0.717, 1.165) is 0 Å². The second kappa shape index (κ2) is 7.10. The molecule has 0 aliphatic heterocycles. The van der Waals surface area contributed by atoms with E-state index in [0.29, 0.717) is 24.1 Å². The summed E-state index contributed by atoms with van der Waals surface area (Å²) >= 11 is 0. The molecule has 0 amide bonds. The Morgan fingerprint density at radius 1 is 1.39 bits per heavy atom. The molecule has 1 aromatic heterocycles. The Hall–Kier alpha value is -1.44. The Kier molecular flexibility index (Phi) is 5.76. The van der Waals surface area contributed by atoms with Gasteiger partial charge in [-0.2, -0.15) is 0 Å². The lowest BCUT2D eigenvalue weighted by Crippen LogP contribution is -2.29. The van der Waals surface area contributed by atoms with Crippen LogP contribution in [-0.2, 0) is 4.74 Å². The van der Waals surface area contributed by atoms with Crippen LogP contribution in [0.1, 0.15) is 25.6 Å². The van der Waals surface area contributed by atoms with Crippen LogP contribution in [-0.4, -0.2) is 41.4 Å². The van der Waals surface area contributed by atoms with Crippen LogP contribution in [0.2, 0.25) is 0 Å². The molecule has 1 heterocycles. The first-order valence-corrected chi connectivity index (χ1v) is 5.82. The van der Waals surface area contributed by atoms with Crippen molar-refractivity contribution >= 4 is 11.6 Å². The fourth-order valence-corrected chi connectivity index (χ4v) is 1.42. The Bertz CT molecular complexity index is 372. The second-order valence-corrected chi connectivity index (χ2v) is 4.27. The molecule has 5 N–H and O–H groups in total. The fourth-order valence-electron chi connectivity index (χ4n) is 1.42. The summed E-state index contributed by atoms with van der Waals surface area (Å²) in [6.45, 7) is 4.35. The Labute approximate surface area is 107 Å². The lowest BCUT2D eigenvalue weighted by atomic mass is 10.2. The maximum atomic E-state index is 9.20. The number of hydrogen-bond donors (Lipinski definition) is 4. The van der Waals surface area contributed by atoms with Crippen LogP contribution in [0.3, 0.4) is 0 Å². The molecule has 7 nitrogen and oxygen atoms in total. The number of hydrazine groups is 1. The molecule has 0 fully saturated rings. The molecule has 1 unspecified atom stereocenters. The number of hydrogen-bond acceptors (Lipinski definition) is 7. The highest BCUT2D eigenvalue weighted by molar-refractivity contribution is 5.47. The summed E-state index contributed by atoms with van der Waals surface area (Å²) in [5.41, 5.74) is 2.50. The largest absolute Gasteiger partial charge is 0.394 e. The third kappa shape index (κ3) is 4.10. The number of aliphatic hydroxyl groups is 1. The van der Waals surface area contributed by atoms with Gasteiger partial charge in [-0.1, -0.05) is 13.8 Å². The number of nitrogen functional groups attached to an aromatic ring is 1. The molecule has 0 aliphatic rings. The van der Waals surface area contributed by atoms with E-state index in [9.17, 15) is 5.11 Å². The number of nitrogens with one attached hydrogen (secondary N) is 2. The monoisotopic (exact) mass is 255 g/mol. The molecule has 0 radical (unpaired) electrons. The molecule has 1 rings (SSSR count). The first kappa shape index (κ1) is 14.6. The van der Waals surface area contributed by atoms with Crippen molar-refractivity contribution in [3.05, 3.63) is 11.9 Å². The van der Waals surface area contributed by atoms with Crippen LogP contribution in [0.15, 0.2) is 6.07 Å². The van der Waals surface area contributed by atoms with Crippen LogP contribution in [0.25, 0.3) is 0 Å². The molecule has 0 bridgehead atoms. The number of rotatable bonds is 7. The summed E-state index contributed by atoms with van der Waals surface area (Å²) < 4.78 is 5.00. The average Bonchev–Trinajstić information content (AvgIpc) is 2.37. The summed E-state index contributed by atoms with van der Waals surface area (Å²) in [6, 6.07) is 1.47. The standard InChI is InChI=1S/C11H21N5O2/c1-7(2)11-14-9(4-10(15-11)16-12)13-8(5-17)6-18-3/h4,7-8,17H,5-6,12H2,1-3H3,(H2,13,14,15,16). The third-order valence-electron chi connectivity index (χ3n) is 2.35. The van der Waals surface area contributed by atoms with Gasteiger partial charge in [-0.3, -0.25) is 0 Å². The van der Waals surface area contributed by atoms with Gasteiger partial charge in [0.1, 0.15) is 17.5 Å². The molecule has 0 aromatic carbocycles. The lowest BCUT2D eigenvalue weighted by molar-refractivity contribution is 0.153. The number of aliphatic hydroxyl groups excluding tert-OH is 1. The Morgan fingerprint density at radius 2 is 2.06 bits per heavy atom. The molecule has 0 saturated carbocycles. The first-order chi connectivity index (χ1) is 8.60.